The van der Waals surface area contributed by atoms with Gasteiger partial charge in [-0.15, -0.1) is 0 Å². The van der Waals surface area contributed by atoms with Crippen molar-refractivity contribution < 1.29 is 0 Å². The number of aryl methyl sites for hydroxylation is 1. The van der Waals surface area contributed by atoms with Gasteiger partial charge in [-0.1, -0.05) is 27.7 Å². The Kier molecular flexibility index (Phi) is 4.68. The molecule has 0 aliphatic carbocycles. The Morgan fingerprint density at radius 2 is 1.94 bits per heavy atom. The van der Waals surface area contributed by atoms with Crippen LogP contribution in [0.3, 0.4) is 0 Å². The van der Waals surface area contributed by atoms with Gasteiger partial charge < -0.3 is 10.6 Å². The molecule has 0 aliphatic heterocycles. The molecule has 0 aliphatic rings. The lowest BCUT2D eigenvalue weighted by Crippen LogP contribution is -2.37. The van der Waals surface area contributed by atoms with Crippen molar-refractivity contribution in [3.63, 3.8) is 0 Å². The number of nitrogens with two attached hydrogens (primary N) is 1. The molecule has 0 bridgehead atoms. The highest BCUT2D eigenvalue weighted by Crippen LogP contribution is 2.20. The molecule has 1 rings (SSSR count). The molecule has 102 valence electrons. The van der Waals surface area contributed by atoms with Gasteiger partial charge in [-0.3, -0.25) is 0 Å². The summed E-state index contributed by atoms with van der Waals surface area (Å²) in [4.78, 5) is 11.3. The second-order valence-corrected chi connectivity index (χ2v) is 6.10. The molecule has 1 aromatic heterocycles. The maximum Gasteiger partial charge on any atom is 0.133 e. The van der Waals surface area contributed by atoms with Crippen LogP contribution in [-0.4, -0.2) is 30.1 Å². The van der Waals surface area contributed by atoms with Crippen molar-refractivity contribution in [3.05, 3.63) is 17.6 Å². The van der Waals surface area contributed by atoms with Gasteiger partial charge in [-0.2, -0.15) is 0 Å². The highest BCUT2D eigenvalue weighted by molar-refractivity contribution is 5.39. The minimum Gasteiger partial charge on any atom is -0.359 e. The average molecular weight is 250 g/mol. The summed E-state index contributed by atoms with van der Waals surface area (Å²) < 4.78 is 0. The quantitative estimate of drug-likeness (QED) is 0.871. The van der Waals surface area contributed by atoms with Crippen molar-refractivity contribution in [3.8, 4) is 0 Å². The normalized spacial score (nSPS) is 12.0. The lowest BCUT2D eigenvalue weighted by atomic mass is 9.93. The van der Waals surface area contributed by atoms with E-state index in [1.54, 1.807) is 0 Å². The minimum absolute atomic E-state index is 0.0889. The lowest BCUT2D eigenvalue weighted by molar-refractivity contribution is 0.384. The third-order valence-electron chi connectivity index (χ3n) is 2.98. The summed E-state index contributed by atoms with van der Waals surface area (Å²) in [5, 5.41) is 0. The first-order valence-corrected chi connectivity index (χ1v) is 6.52. The highest BCUT2D eigenvalue weighted by atomic mass is 15.2. The summed E-state index contributed by atoms with van der Waals surface area (Å²) in [5.74, 6) is 2.23. The van der Waals surface area contributed by atoms with E-state index >= 15 is 0 Å². The average Bonchev–Trinajstić information content (AvgIpc) is 2.27. The predicted octanol–water partition coefficient (Wildman–Crippen LogP) is 2.33. The van der Waals surface area contributed by atoms with Crippen molar-refractivity contribution >= 4 is 5.82 Å². The van der Waals surface area contributed by atoms with Gasteiger partial charge in [0, 0.05) is 31.3 Å². The molecule has 4 nitrogen and oxygen atoms in total. The van der Waals surface area contributed by atoms with Crippen LogP contribution < -0.4 is 10.6 Å². The Bertz CT molecular complexity index is 399. The van der Waals surface area contributed by atoms with Crippen LogP contribution in [-0.2, 0) is 0 Å². The topological polar surface area (TPSA) is 55.0 Å². The van der Waals surface area contributed by atoms with E-state index in [1.807, 2.05) is 13.0 Å². The summed E-state index contributed by atoms with van der Waals surface area (Å²) in [6.45, 7) is 12.1. The largest absolute Gasteiger partial charge is 0.359 e. The van der Waals surface area contributed by atoms with E-state index in [9.17, 15) is 0 Å². The van der Waals surface area contributed by atoms with E-state index in [1.165, 1.54) is 0 Å². The number of nitrogens with zero attached hydrogens (tertiary/aromatic N) is 3. The second kappa shape index (κ2) is 5.65. The minimum atomic E-state index is 0.0889. The molecule has 0 saturated carbocycles. The van der Waals surface area contributed by atoms with E-state index in [0.717, 1.165) is 23.9 Å². The molecule has 0 fully saturated rings. The lowest BCUT2D eigenvalue weighted by Gasteiger charge is -2.30. The number of rotatable bonds is 5. The van der Waals surface area contributed by atoms with Crippen molar-refractivity contribution in [2.45, 2.75) is 40.5 Å². The van der Waals surface area contributed by atoms with Gasteiger partial charge in [0.25, 0.3) is 0 Å². The Morgan fingerprint density at radius 3 is 2.44 bits per heavy atom. The van der Waals surface area contributed by atoms with Gasteiger partial charge >= 0.3 is 0 Å². The Hall–Kier alpha value is -1.16. The first kappa shape index (κ1) is 14.9. The number of aromatic nitrogens is 2. The maximum atomic E-state index is 5.78. The highest BCUT2D eigenvalue weighted by Gasteiger charge is 2.19. The molecule has 0 atom stereocenters. The summed E-state index contributed by atoms with van der Waals surface area (Å²) >= 11 is 0. The van der Waals surface area contributed by atoms with E-state index in [-0.39, 0.29) is 5.41 Å². The number of anilines is 1. The first-order chi connectivity index (χ1) is 8.25. The predicted molar refractivity (Wildman–Crippen MR) is 77.0 cm³/mol. The molecule has 18 heavy (non-hydrogen) atoms. The van der Waals surface area contributed by atoms with Crippen molar-refractivity contribution in [1.29, 1.82) is 0 Å². The molecule has 0 radical (unpaired) electrons. The van der Waals surface area contributed by atoms with Crippen LogP contribution in [0.15, 0.2) is 6.07 Å². The van der Waals surface area contributed by atoms with Crippen LogP contribution >= 0.6 is 0 Å². The standard InChI is InChI=1S/C14H26N4/c1-10(2)13-16-11(3)7-12(17-13)18(6)9-14(4,5)8-15/h7,10H,8-9,15H2,1-6H3. The fourth-order valence-electron chi connectivity index (χ4n) is 1.82. The van der Waals surface area contributed by atoms with Crippen LogP contribution in [0, 0.1) is 12.3 Å². The molecule has 2 N–H and O–H groups in total. The number of hydrogen-bond acceptors (Lipinski definition) is 4. The molecule has 1 heterocycles. The molecular formula is C14H26N4. The summed E-state index contributed by atoms with van der Waals surface area (Å²) in [7, 11) is 2.06. The molecule has 4 heteroatoms. The molecular weight excluding hydrogens is 224 g/mol. The van der Waals surface area contributed by atoms with Gasteiger partial charge in [0.15, 0.2) is 0 Å². The molecule has 0 unspecified atom stereocenters. The molecule has 0 aromatic carbocycles. The van der Waals surface area contributed by atoms with Crippen molar-refractivity contribution in [2.24, 2.45) is 11.1 Å². The first-order valence-electron chi connectivity index (χ1n) is 6.52. The van der Waals surface area contributed by atoms with Gasteiger partial charge in [-0.05, 0) is 18.9 Å². The van der Waals surface area contributed by atoms with Crippen LogP contribution in [0.25, 0.3) is 0 Å². The van der Waals surface area contributed by atoms with Crippen LogP contribution in [0.2, 0.25) is 0 Å². The SMILES string of the molecule is Cc1cc(N(C)CC(C)(C)CN)nc(C(C)C)n1. The van der Waals surface area contributed by atoms with Crippen molar-refractivity contribution in [2.75, 3.05) is 25.0 Å². The third-order valence-corrected chi connectivity index (χ3v) is 2.98. The molecule has 0 amide bonds. The van der Waals surface area contributed by atoms with Gasteiger partial charge in [0.05, 0.1) is 0 Å². The summed E-state index contributed by atoms with van der Waals surface area (Å²) in [6.07, 6.45) is 0. The fraction of sp³-hybridized carbons (Fsp3) is 0.714. The van der Waals surface area contributed by atoms with E-state index in [2.05, 4.69) is 49.6 Å². The van der Waals surface area contributed by atoms with Crippen molar-refractivity contribution in [1.82, 2.24) is 9.97 Å². The second-order valence-electron chi connectivity index (χ2n) is 6.10. The smallest absolute Gasteiger partial charge is 0.133 e. The zero-order valence-electron chi connectivity index (χ0n) is 12.5. The molecule has 0 spiro atoms. The van der Waals surface area contributed by atoms with E-state index in [4.69, 9.17) is 5.73 Å². The Labute approximate surface area is 111 Å². The van der Waals surface area contributed by atoms with E-state index < -0.39 is 0 Å². The fourth-order valence-corrected chi connectivity index (χ4v) is 1.82. The summed E-state index contributed by atoms with van der Waals surface area (Å²) in [5.41, 5.74) is 6.89. The Balaban J connectivity index is 2.95. The summed E-state index contributed by atoms with van der Waals surface area (Å²) in [6, 6.07) is 2.03. The third kappa shape index (κ3) is 3.95. The zero-order chi connectivity index (χ0) is 13.9. The maximum absolute atomic E-state index is 5.78. The Morgan fingerprint density at radius 1 is 1.33 bits per heavy atom. The van der Waals surface area contributed by atoms with Gasteiger partial charge in [-0.25, -0.2) is 9.97 Å². The molecule has 1 aromatic rings. The van der Waals surface area contributed by atoms with Crippen LogP contribution in [0.1, 0.15) is 45.1 Å². The zero-order valence-corrected chi connectivity index (χ0v) is 12.5. The van der Waals surface area contributed by atoms with Crippen LogP contribution in [0.4, 0.5) is 5.82 Å². The number of hydrogen-bond donors (Lipinski definition) is 1. The monoisotopic (exact) mass is 250 g/mol. The van der Waals surface area contributed by atoms with Gasteiger partial charge in [0.2, 0.25) is 0 Å². The van der Waals surface area contributed by atoms with Crippen LogP contribution in [0.5, 0.6) is 0 Å². The van der Waals surface area contributed by atoms with E-state index in [0.29, 0.717) is 12.5 Å². The van der Waals surface area contributed by atoms with Gasteiger partial charge in [0.1, 0.15) is 11.6 Å². The molecule has 0 saturated heterocycles.